The first-order valence-corrected chi connectivity index (χ1v) is 11.2. The molecular formula is C22H29NO4S. The Kier molecular flexibility index (Phi) is 5.85. The minimum absolute atomic E-state index is 0.182. The van der Waals surface area contributed by atoms with Gasteiger partial charge in [0.1, 0.15) is 5.75 Å². The van der Waals surface area contributed by atoms with Crippen molar-refractivity contribution < 1.29 is 19.1 Å². The predicted octanol–water partition coefficient (Wildman–Crippen LogP) is 3.66. The zero-order valence-corrected chi connectivity index (χ0v) is 17.3. The molecule has 1 aromatic rings. The lowest BCUT2D eigenvalue weighted by Crippen LogP contribution is -2.51. The first-order valence-electron chi connectivity index (χ1n) is 10.2. The normalized spacial score (nSPS) is 30.1. The van der Waals surface area contributed by atoms with Gasteiger partial charge in [-0.2, -0.15) is 0 Å². The van der Waals surface area contributed by atoms with E-state index in [0.717, 1.165) is 34.9 Å². The second-order valence-corrected chi connectivity index (χ2v) is 9.87. The Morgan fingerprint density at radius 2 is 1.68 bits per heavy atom. The van der Waals surface area contributed by atoms with Crippen LogP contribution in [0.1, 0.15) is 38.5 Å². The molecular weight excluding hydrogens is 374 g/mol. The van der Waals surface area contributed by atoms with Gasteiger partial charge in [0.2, 0.25) is 0 Å². The van der Waals surface area contributed by atoms with E-state index in [1.165, 1.54) is 50.3 Å². The average Bonchev–Trinajstić information content (AvgIpc) is 2.68. The smallest absolute Gasteiger partial charge is 0.316 e. The van der Waals surface area contributed by atoms with E-state index in [0.29, 0.717) is 5.41 Å². The molecule has 152 valence electrons. The van der Waals surface area contributed by atoms with Crippen molar-refractivity contribution in [2.45, 2.75) is 43.4 Å². The van der Waals surface area contributed by atoms with Crippen LogP contribution in [-0.4, -0.2) is 37.9 Å². The van der Waals surface area contributed by atoms with Crippen LogP contribution in [0.4, 0.5) is 0 Å². The Balaban J connectivity index is 1.16. The molecule has 0 unspecified atom stereocenters. The second-order valence-electron chi connectivity index (χ2n) is 8.82. The molecule has 6 heteroatoms. The van der Waals surface area contributed by atoms with Crippen molar-refractivity contribution in [3.05, 3.63) is 24.3 Å². The van der Waals surface area contributed by atoms with E-state index >= 15 is 0 Å². The number of carbonyl (C=O) groups is 2. The van der Waals surface area contributed by atoms with E-state index in [9.17, 15) is 9.59 Å². The molecule has 0 aromatic heterocycles. The molecule has 0 atom stereocenters. The summed E-state index contributed by atoms with van der Waals surface area (Å²) in [6, 6.07) is 7.50. The second kappa shape index (κ2) is 8.36. The maximum Gasteiger partial charge on any atom is 0.316 e. The fourth-order valence-corrected chi connectivity index (χ4v) is 6.54. The fourth-order valence-electron chi connectivity index (χ4n) is 5.85. The largest absolute Gasteiger partial charge is 0.497 e. The summed E-state index contributed by atoms with van der Waals surface area (Å²) in [5.74, 6) is 3.03. The summed E-state index contributed by atoms with van der Waals surface area (Å²) in [6.45, 7) is 0.557. The van der Waals surface area contributed by atoms with Gasteiger partial charge >= 0.3 is 5.97 Å². The topological polar surface area (TPSA) is 64.6 Å². The lowest BCUT2D eigenvalue weighted by Gasteiger charge is -2.56. The monoisotopic (exact) mass is 403 g/mol. The Morgan fingerprint density at radius 1 is 1.07 bits per heavy atom. The number of esters is 1. The number of carbonyl (C=O) groups excluding carboxylic acids is 2. The molecule has 5 nitrogen and oxygen atoms in total. The quantitative estimate of drug-likeness (QED) is 0.530. The van der Waals surface area contributed by atoms with Crippen LogP contribution in [0.15, 0.2) is 29.2 Å². The van der Waals surface area contributed by atoms with E-state index in [1.807, 2.05) is 24.3 Å². The lowest BCUT2D eigenvalue weighted by atomic mass is 9.49. The molecule has 0 heterocycles. The van der Waals surface area contributed by atoms with Gasteiger partial charge in [-0.25, -0.2) is 0 Å². The number of benzene rings is 1. The predicted molar refractivity (Wildman–Crippen MR) is 108 cm³/mol. The molecule has 4 aliphatic carbocycles. The standard InChI is InChI=1S/C22H29NO4S/c1-26-18-2-4-19(5-3-18)28-13-21(25)27-12-20(24)23-14-22-9-15-6-16(10-22)8-17(7-15)11-22/h2-5,15-17H,6-14H2,1H3,(H,23,24). The molecule has 4 aliphatic rings. The molecule has 5 rings (SSSR count). The van der Waals surface area contributed by atoms with Gasteiger partial charge in [0.05, 0.1) is 12.9 Å². The highest BCUT2D eigenvalue weighted by molar-refractivity contribution is 8.00. The van der Waals surface area contributed by atoms with Gasteiger partial charge in [0, 0.05) is 11.4 Å². The first kappa shape index (κ1) is 19.6. The SMILES string of the molecule is COc1ccc(SCC(=O)OCC(=O)NCC23CC4CC(CC(C4)C2)C3)cc1. The third kappa shape index (κ3) is 4.65. The van der Waals surface area contributed by atoms with E-state index in [2.05, 4.69) is 5.32 Å². The summed E-state index contributed by atoms with van der Waals surface area (Å²) < 4.78 is 10.3. The van der Waals surface area contributed by atoms with Gasteiger partial charge < -0.3 is 14.8 Å². The fraction of sp³-hybridized carbons (Fsp3) is 0.636. The number of hydrogen-bond donors (Lipinski definition) is 1. The van der Waals surface area contributed by atoms with Gasteiger partial charge in [-0.1, -0.05) is 0 Å². The number of amides is 1. The highest BCUT2D eigenvalue weighted by Gasteiger charge is 2.50. The number of rotatable bonds is 8. The number of thioether (sulfide) groups is 1. The van der Waals surface area contributed by atoms with Crippen LogP contribution in [0.3, 0.4) is 0 Å². The number of nitrogens with one attached hydrogen (secondary N) is 1. The van der Waals surface area contributed by atoms with Crippen molar-refractivity contribution in [1.82, 2.24) is 5.32 Å². The van der Waals surface area contributed by atoms with Crippen LogP contribution in [0, 0.1) is 23.2 Å². The third-order valence-corrected chi connectivity index (χ3v) is 7.59. The van der Waals surface area contributed by atoms with Crippen molar-refractivity contribution in [2.24, 2.45) is 23.2 Å². The van der Waals surface area contributed by atoms with Crippen LogP contribution in [0.5, 0.6) is 5.75 Å². The molecule has 0 saturated heterocycles. The maximum atomic E-state index is 12.2. The van der Waals surface area contributed by atoms with Gasteiger partial charge in [-0.15, -0.1) is 11.8 Å². The highest BCUT2D eigenvalue weighted by atomic mass is 32.2. The minimum Gasteiger partial charge on any atom is -0.497 e. The van der Waals surface area contributed by atoms with Gasteiger partial charge in [0.15, 0.2) is 6.61 Å². The summed E-state index contributed by atoms with van der Waals surface area (Å²) in [5, 5.41) is 3.04. The van der Waals surface area contributed by atoms with Crippen LogP contribution < -0.4 is 10.1 Å². The Morgan fingerprint density at radius 3 is 2.25 bits per heavy atom. The molecule has 0 radical (unpaired) electrons. The number of hydrogen-bond acceptors (Lipinski definition) is 5. The number of methoxy groups -OCH3 is 1. The first-order chi connectivity index (χ1) is 13.5. The summed E-state index contributed by atoms with van der Waals surface area (Å²) in [6.07, 6.45) is 7.98. The summed E-state index contributed by atoms with van der Waals surface area (Å²) in [7, 11) is 1.62. The van der Waals surface area contributed by atoms with Crippen LogP contribution >= 0.6 is 11.8 Å². The van der Waals surface area contributed by atoms with E-state index in [4.69, 9.17) is 9.47 Å². The van der Waals surface area contributed by atoms with Crippen LogP contribution in [0.25, 0.3) is 0 Å². The van der Waals surface area contributed by atoms with Crippen molar-refractivity contribution >= 4 is 23.6 Å². The van der Waals surface area contributed by atoms with Gasteiger partial charge in [0.25, 0.3) is 5.91 Å². The third-order valence-electron chi connectivity index (χ3n) is 6.61. The maximum absolute atomic E-state index is 12.2. The van der Waals surface area contributed by atoms with E-state index in [-0.39, 0.29) is 24.2 Å². The van der Waals surface area contributed by atoms with Gasteiger partial charge in [-0.3, -0.25) is 9.59 Å². The van der Waals surface area contributed by atoms with Crippen molar-refractivity contribution in [1.29, 1.82) is 0 Å². The molecule has 4 bridgehead atoms. The molecule has 0 aliphatic heterocycles. The molecule has 1 amide bonds. The van der Waals surface area contributed by atoms with Gasteiger partial charge in [-0.05, 0) is 86.0 Å². The summed E-state index contributed by atoms with van der Waals surface area (Å²) in [5.41, 5.74) is 0.304. The zero-order chi connectivity index (χ0) is 19.6. The number of ether oxygens (including phenoxy) is 2. The molecule has 0 spiro atoms. The Hall–Kier alpha value is -1.69. The highest BCUT2D eigenvalue weighted by Crippen LogP contribution is 2.59. The van der Waals surface area contributed by atoms with Crippen molar-refractivity contribution in [3.8, 4) is 5.75 Å². The summed E-state index contributed by atoms with van der Waals surface area (Å²) >= 11 is 1.39. The Bertz CT molecular complexity index is 682. The van der Waals surface area contributed by atoms with Crippen LogP contribution in [0.2, 0.25) is 0 Å². The summed E-state index contributed by atoms with van der Waals surface area (Å²) in [4.78, 5) is 25.1. The molecule has 1 aromatic carbocycles. The van der Waals surface area contributed by atoms with E-state index in [1.54, 1.807) is 7.11 Å². The zero-order valence-electron chi connectivity index (χ0n) is 16.4. The molecule has 4 saturated carbocycles. The van der Waals surface area contributed by atoms with Crippen LogP contribution in [-0.2, 0) is 14.3 Å². The van der Waals surface area contributed by atoms with Crippen molar-refractivity contribution in [3.63, 3.8) is 0 Å². The molecule has 28 heavy (non-hydrogen) atoms. The van der Waals surface area contributed by atoms with Crippen molar-refractivity contribution in [2.75, 3.05) is 26.0 Å². The average molecular weight is 404 g/mol. The lowest BCUT2D eigenvalue weighted by molar-refractivity contribution is -0.146. The Labute approximate surface area is 170 Å². The molecule has 1 N–H and O–H groups in total. The minimum atomic E-state index is -0.370. The van der Waals surface area contributed by atoms with E-state index < -0.39 is 0 Å². The molecule has 4 fully saturated rings.